The van der Waals surface area contributed by atoms with Crippen molar-refractivity contribution in [1.82, 2.24) is 19.6 Å². The molecule has 2 rings (SSSR count). The third-order valence-electron chi connectivity index (χ3n) is 2.81. The van der Waals surface area contributed by atoms with E-state index in [1.807, 2.05) is 25.8 Å². The molecule has 0 saturated carbocycles. The zero-order valence-corrected chi connectivity index (χ0v) is 9.62. The summed E-state index contributed by atoms with van der Waals surface area (Å²) in [5.74, 6) is 0.707. The highest BCUT2D eigenvalue weighted by Gasteiger charge is 2.25. The molecule has 0 radical (unpaired) electrons. The highest BCUT2D eigenvalue weighted by atomic mass is 16.3. The van der Waals surface area contributed by atoms with Gasteiger partial charge in [0, 0.05) is 19.4 Å². The van der Waals surface area contributed by atoms with E-state index >= 15 is 0 Å². The Labute approximate surface area is 93.6 Å². The summed E-state index contributed by atoms with van der Waals surface area (Å²) < 4.78 is 1.80. The number of fused-ring (bicyclic) bond motifs is 1. The maximum absolute atomic E-state index is 9.34. The summed E-state index contributed by atoms with van der Waals surface area (Å²) in [5.41, 5.74) is 0.298. The summed E-state index contributed by atoms with van der Waals surface area (Å²) in [5, 5.41) is 17.2. The highest BCUT2D eigenvalue weighted by molar-refractivity contribution is 5.63. The predicted molar refractivity (Wildman–Crippen MR) is 60.3 cm³/mol. The summed E-state index contributed by atoms with van der Waals surface area (Å²) >= 11 is 0. The molecule has 0 bridgehead atoms. The summed E-state index contributed by atoms with van der Waals surface area (Å²) in [7, 11) is 1.88. The summed E-state index contributed by atoms with van der Waals surface area (Å²) in [6.07, 6.45) is 5.11. The fourth-order valence-corrected chi connectivity index (χ4v) is 1.37. The molecule has 0 unspecified atom stereocenters. The number of aliphatic hydroxyl groups is 1. The molecule has 1 N–H and O–H groups in total. The van der Waals surface area contributed by atoms with E-state index in [1.165, 1.54) is 0 Å². The molecule has 0 aliphatic heterocycles. The van der Waals surface area contributed by atoms with Crippen LogP contribution in [0, 0.1) is 0 Å². The van der Waals surface area contributed by atoms with Crippen LogP contribution in [0.3, 0.4) is 0 Å². The van der Waals surface area contributed by atoms with Gasteiger partial charge in [0.25, 0.3) is 0 Å². The Morgan fingerprint density at radius 3 is 2.94 bits per heavy atom. The van der Waals surface area contributed by atoms with Crippen molar-refractivity contribution in [2.24, 2.45) is 0 Å². The van der Waals surface area contributed by atoms with Crippen LogP contribution in [0.4, 0.5) is 5.82 Å². The SMILES string of the molecule is CN(c1nccn2cnnc12)C(C)(C)CO. The molecule has 86 valence electrons. The smallest absolute Gasteiger partial charge is 0.203 e. The third kappa shape index (κ3) is 1.61. The molecule has 0 spiro atoms. The summed E-state index contributed by atoms with van der Waals surface area (Å²) in [6.45, 7) is 3.92. The van der Waals surface area contributed by atoms with Gasteiger partial charge in [-0.1, -0.05) is 0 Å². The van der Waals surface area contributed by atoms with Crippen LogP contribution >= 0.6 is 0 Å². The van der Waals surface area contributed by atoms with Crippen molar-refractivity contribution < 1.29 is 5.11 Å². The largest absolute Gasteiger partial charge is 0.394 e. The van der Waals surface area contributed by atoms with Gasteiger partial charge in [0.1, 0.15) is 6.33 Å². The maximum atomic E-state index is 9.34. The molecule has 0 fully saturated rings. The summed E-state index contributed by atoms with van der Waals surface area (Å²) in [4.78, 5) is 6.18. The van der Waals surface area contributed by atoms with Crippen molar-refractivity contribution in [3.8, 4) is 0 Å². The Morgan fingerprint density at radius 2 is 2.25 bits per heavy atom. The average molecular weight is 221 g/mol. The second-order valence-corrected chi connectivity index (χ2v) is 4.34. The van der Waals surface area contributed by atoms with Crippen molar-refractivity contribution in [2.75, 3.05) is 18.6 Å². The van der Waals surface area contributed by atoms with Crippen molar-refractivity contribution in [2.45, 2.75) is 19.4 Å². The lowest BCUT2D eigenvalue weighted by Gasteiger charge is -2.34. The zero-order chi connectivity index (χ0) is 11.8. The number of aliphatic hydroxyl groups excluding tert-OH is 1. The van der Waals surface area contributed by atoms with Crippen LogP contribution in [-0.4, -0.2) is 43.9 Å². The molecule has 0 aliphatic rings. The molecule has 0 saturated heterocycles. The minimum atomic E-state index is -0.388. The van der Waals surface area contributed by atoms with Crippen molar-refractivity contribution in [1.29, 1.82) is 0 Å². The zero-order valence-electron chi connectivity index (χ0n) is 9.62. The number of nitrogens with zero attached hydrogens (tertiary/aromatic N) is 5. The van der Waals surface area contributed by atoms with Crippen LogP contribution in [0.25, 0.3) is 5.65 Å². The molecule has 6 nitrogen and oxygen atoms in total. The van der Waals surface area contributed by atoms with Gasteiger partial charge in [0.15, 0.2) is 5.82 Å². The molecule has 2 heterocycles. The van der Waals surface area contributed by atoms with Gasteiger partial charge in [0.2, 0.25) is 5.65 Å². The van der Waals surface area contributed by atoms with E-state index in [1.54, 1.807) is 23.1 Å². The van der Waals surface area contributed by atoms with Gasteiger partial charge in [-0.15, -0.1) is 10.2 Å². The van der Waals surface area contributed by atoms with Crippen LogP contribution in [-0.2, 0) is 0 Å². The fraction of sp³-hybridized carbons (Fsp3) is 0.500. The average Bonchev–Trinajstić information content (AvgIpc) is 2.75. The normalized spacial score (nSPS) is 12.0. The molecular weight excluding hydrogens is 206 g/mol. The lowest BCUT2D eigenvalue weighted by Crippen LogP contribution is -2.45. The van der Waals surface area contributed by atoms with Crippen LogP contribution in [0.5, 0.6) is 0 Å². The van der Waals surface area contributed by atoms with E-state index in [9.17, 15) is 5.11 Å². The lowest BCUT2D eigenvalue weighted by molar-refractivity contribution is 0.216. The van der Waals surface area contributed by atoms with Gasteiger partial charge >= 0.3 is 0 Å². The maximum Gasteiger partial charge on any atom is 0.203 e. The number of likely N-dealkylation sites (N-methyl/N-ethyl adjacent to an activating group) is 1. The minimum absolute atomic E-state index is 0.0420. The Hall–Kier alpha value is -1.69. The highest BCUT2D eigenvalue weighted by Crippen LogP contribution is 2.22. The van der Waals surface area contributed by atoms with Gasteiger partial charge < -0.3 is 10.0 Å². The molecular formula is C10H15N5O. The van der Waals surface area contributed by atoms with Gasteiger partial charge in [-0.05, 0) is 13.8 Å². The van der Waals surface area contributed by atoms with Crippen LogP contribution in [0.15, 0.2) is 18.7 Å². The monoisotopic (exact) mass is 221 g/mol. The van der Waals surface area contributed by atoms with Crippen LogP contribution < -0.4 is 4.90 Å². The molecule has 16 heavy (non-hydrogen) atoms. The van der Waals surface area contributed by atoms with E-state index in [0.717, 1.165) is 0 Å². The molecule has 6 heteroatoms. The van der Waals surface area contributed by atoms with Gasteiger partial charge in [0.05, 0.1) is 12.1 Å². The van der Waals surface area contributed by atoms with E-state index in [2.05, 4.69) is 15.2 Å². The first-order valence-electron chi connectivity index (χ1n) is 5.05. The van der Waals surface area contributed by atoms with Gasteiger partial charge in [-0.3, -0.25) is 4.40 Å². The van der Waals surface area contributed by atoms with Crippen molar-refractivity contribution >= 4 is 11.5 Å². The third-order valence-corrected chi connectivity index (χ3v) is 2.81. The van der Waals surface area contributed by atoms with E-state index in [4.69, 9.17) is 0 Å². The van der Waals surface area contributed by atoms with Crippen LogP contribution in [0.2, 0.25) is 0 Å². The standard InChI is InChI=1S/C10H15N5O/c1-10(2,6-16)14(3)8-9-13-12-7-15(9)5-4-11-8/h4-5,7,16H,6H2,1-3H3. The molecule has 0 atom stereocenters. The molecule has 2 aromatic rings. The molecule has 0 aromatic carbocycles. The molecule has 2 aromatic heterocycles. The first-order chi connectivity index (χ1) is 7.56. The number of rotatable bonds is 3. The Kier molecular flexibility index (Phi) is 2.51. The quantitative estimate of drug-likeness (QED) is 0.809. The fourth-order valence-electron chi connectivity index (χ4n) is 1.37. The predicted octanol–water partition coefficient (Wildman–Crippen LogP) is 0.331. The van der Waals surface area contributed by atoms with Crippen LogP contribution in [0.1, 0.15) is 13.8 Å². The first kappa shape index (κ1) is 10.8. The van der Waals surface area contributed by atoms with E-state index < -0.39 is 0 Å². The topological polar surface area (TPSA) is 66.6 Å². The summed E-state index contributed by atoms with van der Waals surface area (Å²) in [6, 6.07) is 0. The van der Waals surface area contributed by atoms with Gasteiger partial charge in [-0.25, -0.2) is 4.98 Å². The lowest BCUT2D eigenvalue weighted by atomic mass is 10.1. The number of hydrogen-bond acceptors (Lipinski definition) is 5. The van der Waals surface area contributed by atoms with Crippen molar-refractivity contribution in [3.63, 3.8) is 0 Å². The number of anilines is 1. The van der Waals surface area contributed by atoms with Crippen molar-refractivity contribution in [3.05, 3.63) is 18.7 Å². The van der Waals surface area contributed by atoms with Gasteiger partial charge in [-0.2, -0.15) is 0 Å². The number of aromatic nitrogens is 4. The Morgan fingerprint density at radius 1 is 1.50 bits per heavy atom. The molecule has 0 aliphatic carbocycles. The second-order valence-electron chi connectivity index (χ2n) is 4.34. The Bertz CT molecular complexity index is 493. The minimum Gasteiger partial charge on any atom is -0.394 e. The second kappa shape index (κ2) is 3.71. The van der Waals surface area contributed by atoms with E-state index in [0.29, 0.717) is 11.5 Å². The van der Waals surface area contributed by atoms with E-state index in [-0.39, 0.29) is 12.1 Å². The Balaban J connectivity index is 2.51. The molecule has 0 amide bonds. The number of hydrogen-bond donors (Lipinski definition) is 1. The first-order valence-corrected chi connectivity index (χ1v) is 5.05.